The van der Waals surface area contributed by atoms with Crippen molar-refractivity contribution in [2.45, 2.75) is 12.6 Å². The second-order valence-electron chi connectivity index (χ2n) is 5.49. The highest BCUT2D eigenvalue weighted by molar-refractivity contribution is 5.88. The summed E-state index contributed by atoms with van der Waals surface area (Å²) in [4.78, 5) is 23.8. The van der Waals surface area contributed by atoms with Crippen LogP contribution >= 0.6 is 0 Å². The van der Waals surface area contributed by atoms with Crippen LogP contribution in [0.5, 0.6) is 0 Å². The fourth-order valence-corrected chi connectivity index (χ4v) is 2.60. The number of aromatic nitrogens is 1. The number of halogens is 1. The molecule has 1 aromatic heterocycles. The van der Waals surface area contributed by atoms with E-state index < -0.39 is 17.2 Å². The van der Waals surface area contributed by atoms with Gasteiger partial charge in [0.05, 0.1) is 32.5 Å². The fraction of sp³-hybridized carbons (Fsp3) is 0.294. The van der Waals surface area contributed by atoms with Gasteiger partial charge in [0, 0.05) is 18.0 Å². The van der Waals surface area contributed by atoms with Crippen molar-refractivity contribution in [1.29, 1.82) is 0 Å². The molecule has 3 rings (SSSR count). The van der Waals surface area contributed by atoms with Crippen molar-refractivity contribution in [2.75, 3.05) is 19.8 Å². The highest BCUT2D eigenvalue weighted by atomic mass is 19.1. The molecule has 0 radical (unpaired) electrons. The first-order valence-electron chi connectivity index (χ1n) is 7.47. The highest BCUT2D eigenvalue weighted by Gasteiger charge is 2.19. The average Bonchev–Trinajstić information content (AvgIpc) is 2.58. The van der Waals surface area contributed by atoms with Crippen LogP contribution in [0, 0.1) is 5.82 Å². The Kier molecular flexibility index (Phi) is 4.73. The van der Waals surface area contributed by atoms with Gasteiger partial charge in [-0.3, -0.25) is 4.79 Å². The molecule has 1 aliphatic rings. The summed E-state index contributed by atoms with van der Waals surface area (Å²) < 4.78 is 25.6. The molecule has 1 saturated heterocycles. The molecule has 0 aliphatic carbocycles. The lowest BCUT2D eigenvalue weighted by Gasteiger charge is -2.24. The van der Waals surface area contributed by atoms with Gasteiger partial charge in [-0.2, -0.15) is 0 Å². The maximum atomic E-state index is 13.1. The van der Waals surface area contributed by atoms with Crippen molar-refractivity contribution in [1.82, 2.24) is 4.57 Å². The molecule has 6 nitrogen and oxygen atoms in total. The first-order valence-corrected chi connectivity index (χ1v) is 7.47. The van der Waals surface area contributed by atoms with Gasteiger partial charge < -0.3 is 19.1 Å². The van der Waals surface area contributed by atoms with Crippen LogP contribution in [0.3, 0.4) is 0 Å². The molecule has 0 saturated carbocycles. The number of carbonyl (C=O) groups is 1. The van der Waals surface area contributed by atoms with Gasteiger partial charge in [-0.15, -0.1) is 0 Å². The van der Waals surface area contributed by atoms with Crippen LogP contribution in [0.2, 0.25) is 0 Å². The molecule has 0 unspecified atom stereocenters. The van der Waals surface area contributed by atoms with Gasteiger partial charge in [-0.05, 0) is 17.7 Å². The fourth-order valence-electron chi connectivity index (χ4n) is 2.60. The third kappa shape index (κ3) is 3.52. The third-order valence-corrected chi connectivity index (χ3v) is 3.76. The SMILES string of the molecule is O=C(O)c1cn(C[C@H]2COCCO2)cc(-c2ccc(F)cc2)c1=O. The van der Waals surface area contributed by atoms with E-state index in [1.807, 2.05) is 0 Å². The molecule has 0 amide bonds. The Balaban J connectivity index is 2.01. The predicted octanol–water partition coefficient (Wildman–Crippen LogP) is 1.77. The maximum Gasteiger partial charge on any atom is 0.341 e. The minimum absolute atomic E-state index is 0.201. The van der Waals surface area contributed by atoms with E-state index in [2.05, 4.69) is 0 Å². The molecule has 2 heterocycles. The van der Waals surface area contributed by atoms with E-state index in [-0.39, 0.29) is 17.2 Å². The van der Waals surface area contributed by atoms with Crippen LogP contribution in [0.4, 0.5) is 4.39 Å². The maximum absolute atomic E-state index is 13.1. The summed E-state index contributed by atoms with van der Waals surface area (Å²) in [5.41, 5.74) is -0.287. The van der Waals surface area contributed by atoms with E-state index in [1.54, 1.807) is 10.8 Å². The minimum Gasteiger partial charge on any atom is -0.477 e. The normalized spacial score (nSPS) is 17.6. The molecule has 0 spiro atoms. The van der Waals surface area contributed by atoms with Gasteiger partial charge in [0.1, 0.15) is 11.4 Å². The number of ether oxygens (including phenoxy) is 2. The highest BCUT2D eigenvalue weighted by Crippen LogP contribution is 2.17. The smallest absolute Gasteiger partial charge is 0.341 e. The second kappa shape index (κ2) is 6.94. The van der Waals surface area contributed by atoms with E-state index in [0.29, 0.717) is 31.9 Å². The van der Waals surface area contributed by atoms with E-state index in [0.717, 1.165) is 0 Å². The van der Waals surface area contributed by atoms with Crippen molar-refractivity contribution < 1.29 is 23.8 Å². The predicted molar refractivity (Wildman–Crippen MR) is 83.6 cm³/mol. The molecule has 1 atom stereocenters. The second-order valence-corrected chi connectivity index (χ2v) is 5.49. The van der Waals surface area contributed by atoms with Crippen molar-refractivity contribution in [3.05, 3.63) is 58.3 Å². The summed E-state index contributed by atoms with van der Waals surface area (Å²) in [6.45, 7) is 1.76. The minimum atomic E-state index is -1.31. The quantitative estimate of drug-likeness (QED) is 0.923. The van der Waals surface area contributed by atoms with Crippen LogP contribution in [-0.4, -0.2) is 41.6 Å². The van der Waals surface area contributed by atoms with Crippen LogP contribution in [0.25, 0.3) is 11.1 Å². The number of benzene rings is 1. The topological polar surface area (TPSA) is 77.8 Å². The molecule has 126 valence electrons. The largest absolute Gasteiger partial charge is 0.477 e. The van der Waals surface area contributed by atoms with Gasteiger partial charge in [-0.25, -0.2) is 9.18 Å². The van der Waals surface area contributed by atoms with Gasteiger partial charge >= 0.3 is 5.97 Å². The lowest BCUT2D eigenvalue weighted by atomic mass is 10.0. The average molecular weight is 333 g/mol. The van der Waals surface area contributed by atoms with Gasteiger partial charge in [-0.1, -0.05) is 12.1 Å². The Labute approximate surface area is 137 Å². The number of carboxylic acids is 1. The first-order chi connectivity index (χ1) is 11.5. The number of hydrogen-bond acceptors (Lipinski definition) is 4. The van der Waals surface area contributed by atoms with Crippen LogP contribution in [0.15, 0.2) is 41.5 Å². The zero-order chi connectivity index (χ0) is 17.1. The molecule has 2 aromatic rings. The van der Waals surface area contributed by atoms with Crippen LogP contribution in [0.1, 0.15) is 10.4 Å². The molecule has 1 aromatic carbocycles. The molecular weight excluding hydrogens is 317 g/mol. The van der Waals surface area contributed by atoms with E-state index in [9.17, 15) is 19.1 Å². The summed E-state index contributed by atoms with van der Waals surface area (Å²) in [6.07, 6.45) is 2.62. The first kappa shape index (κ1) is 16.4. The number of aromatic carboxylic acids is 1. The van der Waals surface area contributed by atoms with Crippen molar-refractivity contribution in [3.8, 4) is 11.1 Å². The summed E-state index contributed by atoms with van der Waals surface area (Å²) >= 11 is 0. The Morgan fingerprint density at radius 3 is 2.62 bits per heavy atom. The molecule has 24 heavy (non-hydrogen) atoms. The van der Waals surface area contributed by atoms with E-state index >= 15 is 0 Å². The summed E-state index contributed by atoms with van der Waals surface area (Å²) in [7, 11) is 0. The summed E-state index contributed by atoms with van der Waals surface area (Å²) in [5.74, 6) is -1.74. The number of hydrogen-bond donors (Lipinski definition) is 1. The summed E-state index contributed by atoms with van der Waals surface area (Å²) in [5, 5.41) is 9.28. The van der Waals surface area contributed by atoms with E-state index in [4.69, 9.17) is 9.47 Å². The third-order valence-electron chi connectivity index (χ3n) is 3.76. The van der Waals surface area contributed by atoms with Gasteiger partial charge in [0.15, 0.2) is 0 Å². The Bertz CT molecular complexity index is 794. The number of rotatable bonds is 4. The number of carboxylic acid groups (broad SMARTS) is 1. The molecule has 0 bridgehead atoms. The van der Waals surface area contributed by atoms with Crippen LogP contribution < -0.4 is 5.43 Å². The number of nitrogens with zero attached hydrogens (tertiary/aromatic N) is 1. The van der Waals surface area contributed by atoms with Gasteiger partial charge in [0.2, 0.25) is 5.43 Å². The molecular formula is C17H16FNO5. The van der Waals surface area contributed by atoms with Crippen molar-refractivity contribution >= 4 is 5.97 Å². The van der Waals surface area contributed by atoms with Crippen molar-refractivity contribution in [3.63, 3.8) is 0 Å². The molecule has 1 aliphatic heterocycles. The van der Waals surface area contributed by atoms with Gasteiger partial charge in [0.25, 0.3) is 0 Å². The zero-order valence-electron chi connectivity index (χ0n) is 12.8. The van der Waals surface area contributed by atoms with Crippen LogP contribution in [-0.2, 0) is 16.0 Å². The molecule has 1 N–H and O–H groups in total. The lowest BCUT2D eigenvalue weighted by molar-refractivity contribution is -0.0936. The monoisotopic (exact) mass is 333 g/mol. The number of pyridine rings is 1. The Hall–Kier alpha value is -2.51. The zero-order valence-corrected chi connectivity index (χ0v) is 12.8. The standard InChI is InChI=1S/C17H16FNO5/c18-12-3-1-11(2-4-12)14-8-19(7-13-10-23-5-6-24-13)9-15(16(14)20)17(21)22/h1-4,8-9,13H,5-7,10H2,(H,21,22)/t13-/m0/s1. The summed E-state index contributed by atoms with van der Waals surface area (Å²) in [6, 6.07) is 5.35. The van der Waals surface area contributed by atoms with E-state index in [1.165, 1.54) is 30.5 Å². The van der Waals surface area contributed by atoms with Crippen molar-refractivity contribution in [2.24, 2.45) is 0 Å². The molecule has 1 fully saturated rings. The Morgan fingerprint density at radius 1 is 1.25 bits per heavy atom. The lowest BCUT2D eigenvalue weighted by Crippen LogP contribution is -2.33. The molecule has 7 heteroatoms. The Morgan fingerprint density at radius 2 is 2.00 bits per heavy atom.